The highest BCUT2D eigenvalue weighted by Crippen LogP contribution is 2.30. The average molecular weight is 317 g/mol. The lowest BCUT2D eigenvalue weighted by Crippen LogP contribution is -2.26. The average Bonchev–Trinajstić information content (AvgIpc) is 2.51. The second-order valence-electron chi connectivity index (χ2n) is 4.72. The first-order valence-corrected chi connectivity index (χ1v) is 7.81. The quantitative estimate of drug-likeness (QED) is 0.640. The number of non-ortho nitro benzene ring substituents is 1. The van der Waals surface area contributed by atoms with Crippen molar-refractivity contribution >= 4 is 27.7 Å². The topological polar surface area (TPSA) is 92.9 Å². The van der Waals surface area contributed by atoms with Crippen molar-refractivity contribution in [3.63, 3.8) is 0 Å². The molecule has 8 heteroatoms. The third-order valence-electron chi connectivity index (χ3n) is 3.25. The van der Waals surface area contributed by atoms with Crippen molar-refractivity contribution in [3.05, 3.63) is 64.2 Å². The predicted octanol–water partition coefficient (Wildman–Crippen LogP) is 2.33. The van der Waals surface area contributed by atoms with E-state index in [-0.39, 0.29) is 17.1 Å². The first-order valence-electron chi connectivity index (χ1n) is 6.37. The van der Waals surface area contributed by atoms with Crippen LogP contribution in [0.3, 0.4) is 0 Å². The smallest absolute Gasteiger partial charge is 0.285 e. The van der Waals surface area contributed by atoms with Gasteiger partial charge in [-0.05, 0) is 17.7 Å². The number of hydrogen-bond acceptors (Lipinski definition) is 5. The monoisotopic (exact) mass is 317 g/mol. The van der Waals surface area contributed by atoms with Crippen LogP contribution in [-0.2, 0) is 16.6 Å². The summed E-state index contributed by atoms with van der Waals surface area (Å²) in [4.78, 5) is 12.1. The standard InChI is InChI=1S/C14H11N3O4S/c18-17(19)12-5-3-4-11(8-12)9-16-10-15-22(20,21)14-7-2-1-6-13(14)16/h1-8,10H,9H2. The van der Waals surface area contributed by atoms with Crippen LogP contribution in [0.15, 0.2) is 57.8 Å². The Kier molecular flexibility index (Phi) is 3.38. The van der Waals surface area contributed by atoms with Crippen molar-refractivity contribution in [1.29, 1.82) is 0 Å². The summed E-state index contributed by atoms with van der Waals surface area (Å²) in [5.74, 6) is 0. The molecule has 0 saturated heterocycles. The fourth-order valence-electron chi connectivity index (χ4n) is 2.24. The molecule has 3 rings (SSSR count). The van der Waals surface area contributed by atoms with Gasteiger partial charge in [0.15, 0.2) is 0 Å². The molecule has 2 aromatic rings. The van der Waals surface area contributed by atoms with E-state index in [1.807, 2.05) is 0 Å². The molecule has 0 unspecified atom stereocenters. The number of nitrogens with zero attached hydrogens (tertiary/aromatic N) is 3. The number of sulfonamides is 1. The zero-order chi connectivity index (χ0) is 15.7. The summed E-state index contributed by atoms with van der Waals surface area (Å²) in [6, 6.07) is 12.7. The van der Waals surface area contributed by atoms with Crippen molar-refractivity contribution in [2.45, 2.75) is 11.4 Å². The van der Waals surface area contributed by atoms with Gasteiger partial charge in [0.25, 0.3) is 15.7 Å². The number of nitro groups is 1. The number of para-hydroxylation sites is 1. The third-order valence-corrected chi connectivity index (χ3v) is 4.53. The number of nitro benzene ring substituents is 1. The van der Waals surface area contributed by atoms with E-state index < -0.39 is 14.9 Å². The molecule has 0 bridgehead atoms. The lowest BCUT2D eigenvalue weighted by atomic mass is 10.2. The molecular weight excluding hydrogens is 306 g/mol. The van der Waals surface area contributed by atoms with E-state index in [1.54, 1.807) is 35.2 Å². The summed E-state index contributed by atoms with van der Waals surface area (Å²) in [6.07, 6.45) is 1.23. The highest BCUT2D eigenvalue weighted by Gasteiger charge is 2.24. The Balaban J connectivity index is 1.97. The van der Waals surface area contributed by atoms with Crippen molar-refractivity contribution in [2.75, 3.05) is 4.90 Å². The van der Waals surface area contributed by atoms with E-state index in [0.717, 1.165) is 0 Å². The van der Waals surface area contributed by atoms with Gasteiger partial charge in [-0.15, -0.1) is 4.40 Å². The Hall–Kier alpha value is -2.74. The van der Waals surface area contributed by atoms with Gasteiger partial charge in [0.1, 0.15) is 11.2 Å². The first-order chi connectivity index (χ1) is 10.5. The van der Waals surface area contributed by atoms with E-state index >= 15 is 0 Å². The molecule has 0 fully saturated rings. The van der Waals surface area contributed by atoms with Crippen molar-refractivity contribution in [2.24, 2.45) is 4.40 Å². The van der Waals surface area contributed by atoms with Crippen molar-refractivity contribution < 1.29 is 13.3 Å². The van der Waals surface area contributed by atoms with Gasteiger partial charge in [0.2, 0.25) is 0 Å². The van der Waals surface area contributed by atoms with E-state index in [9.17, 15) is 18.5 Å². The Morgan fingerprint density at radius 1 is 1.14 bits per heavy atom. The number of benzene rings is 2. The Bertz CT molecular complexity index is 877. The molecule has 0 spiro atoms. The maximum absolute atomic E-state index is 11.9. The maximum atomic E-state index is 11.9. The first kappa shape index (κ1) is 14.2. The minimum atomic E-state index is -3.67. The molecule has 0 aromatic heterocycles. The molecule has 1 heterocycles. The lowest BCUT2D eigenvalue weighted by molar-refractivity contribution is -0.384. The van der Waals surface area contributed by atoms with Crippen LogP contribution < -0.4 is 4.90 Å². The highest BCUT2D eigenvalue weighted by atomic mass is 32.2. The van der Waals surface area contributed by atoms with Crippen LogP contribution in [0.5, 0.6) is 0 Å². The minimum absolute atomic E-state index is 0.00708. The largest absolute Gasteiger partial charge is 0.326 e. The molecular formula is C14H11N3O4S. The summed E-state index contributed by atoms with van der Waals surface area (Å²) in [6.45, 7) is 0.289. The summed E-state index contributed by atoms with van der Waals surface area (Å²) in [7, 11) is -3.67. The third kappa shape index (κ3) is 2.56. The second kappa shape index (κ2) is 5.23. The fraction of sp³-hybridized carbons (Fsp3) is 0.0714. The molecule has 1 aliphatic heterocycles. The molecule has 0 aliphatic carbocycles. The van der Waals surface area contributed by atoms with Crippen LogP contribution in [0.25, 0.3) is 0 Å². The maximum Gasteiger partial charge on any atom is 0.285 e. The molecule has 0 radical (unpaired) electrons. The molecule has 0 atom stereocenters. The van der Waals surface area contributed by atoms with E-state index in [2.05, 4.69) is 4.40 Å². The molecule has 2 aromatic carbocycles. The molecule has 0 N–H and O–H groups in total. The summed E-state index contributed by atoms with van der Waals surface area (Å²) in [5.41, 5.74) is 1.19. The van der Waals surface area contributed by atoms with Gasteiger partial charge in [-0.2, -0.15) is 8.42 Å². The zero-order valence-corrected chi connectivity index (χ0v) is 12.1. The molecule has 1 aliphatic rings. The lowest BCUT2D eigenvalue weighted by Gasteiger charge is -2.24. The van der Waals surface area contributed by atoms with Gasteiger partial charge < -0.3 is 4.90 Å². The van der Waals surface area contributed by atoms with Crippen molar-refractivity contribution in [1.82, 2.24) is 0 Å². The number of anilines is 1. The Labute approximate surface area is 126 Å². The van der Waals surface area contributed by atoms with Crippen LogP contribution >= 0.6 is 0 Å². The summed E-state index contributed by atoms with van der Waals surface area (Å²) < 4.78 is 27.4. The fourth-order valence-corrected chi connectivity index (χ4v) is 3.29. The molecule has 0 amide bonds. The molecule has 112 valence electrons. The van der Waals surface area contributed by atoms with Gasteiger partial charge in [-0.25, -0.2) is 0 Å². The van der Waals surface area contributed by atoms with Crippen LogP contribution in [-0.4, -0.2) is 19.7 Å². The number of rotatable bonds is 3. The Morgan fingerprint density at radius 3 is 2.68 bits per heavy atom. The summed E-state index contributed by atoms with van der Waals surface area (Å²) in [5, 5.41) is 10.8. The molecule has 0 saturated carbocycles. The normalized spacial score (nSPS) is 15.4. The number of fused-ring (bicyclic) bond motifs is 1. The second-order valence-corrected chi connectivity index (χ2v) is 6.32. The van der Waals surface area contributed by atoms with Crippen LogP contribution in [0.2, 0.25) is 0 Å². The van der Waals surface area contributed by atoms with Crippen LogP contribution in [0, 0.1) is 10.1 Å². The van der Waals surface area contributed by atoms with Gasteiger partial charge in [-0.3, -0.25) is 10.1 Å². The van der Waals surface area contributed by atoms with Gasteiger partial charge in [-0.1, -0.05) is 24.3 Å². The van der Waals surface area contributed by atoms with Gasteiger partial charge >= 0.3 is 0 Å². The molecule has 22 heavy (non-hydrogen) atoms. The number of hydrogen-bond donors (Lipinski definition) is 0. The van der Waals surface area contributed by atoms with E-state index in [0.29, 0.717) is 11.3 Å². The predicted molar refractivity (Wildman–Crippen MR) is 81.4 cm³/mol. The summed E-state index contributed by atoms with van der Waals surface area (Å²) >= 11 is 0. The Morgan fingerprint density at radius 2 is 1.91 bits per heavy atom. The molecule has 7 nitrogen and oxygen atoms in total. The van der Waals surface area contributed by atoms with Gasteiger partial charge in [0, 0.05) is 18.7 Å². The van der Waals surface area contributed by atoms with Gasteiger partial charge in [0.05, 0.1) is 10.6 Å². The van der Waals surface area contributed by atoms with Crippen LogP contribution in [0.1, 0.15) is 5.56 Å². The zero-order valence-electron chi connectivity index (χ0n) is 11.3. The minimum Gasteiger partial charge on any atom is -0.326 e. The SMILES string of the molecule is O=[N+]([O-])c1cccc(CN2C=NS(=O)(=O)c3ccccc32)c1. The van der Waals surface area contributed by atoms with E-state index in [1.165, 1.54) is 24.5 Å². The van der Waals surface area contributed by atoms with Crippen molar-refractivity contribution in [3.8, 4) is 0 Å². The van der Waals surface area contributed by atoms with Crippen LogP contribution in [0.4, 0.5) is 11.4 Å². The van der Waals surface area contributed by atoms with E-state index in [4.69, 9.17) is 0 Å². The highest BCUT2D eigenvalue weighted by molar-refractivity contribution is 7.90.